The van der Waals surface area contributed by atoms with Gasteiger partial charge in [-0.3, -0.25) is 0 Å². The largest absolute Gasteiger partial charge is 0.478 e. The number of aromatic carboxylic acids is 1. The van der Waals surface area contributed by atoms with Crippen LogP contribution in [0.5, 0.6) is 0 Å². The molecule has 2 rings (SSSR count). The number of aromatic nitrogens is 1. The highest BCUT2D eigenvalue weighted by molar-refractivity contribution is 5.91. The second-order valence-corrected chi connectivity index (χ2v) is 5.12. The third-order valence-electron chi connectivity index (χ3n) is 3.47. The van der Waals surface area contributed by atoms with Gasteiger partial charge in [-0.1, -0.05) is 29.8 Å². The average molecular weight is 272 g/mol. The Morgan fingerprint density at radius 1 is 1.10 bits per heavy atom. The van der Waals surface area contributed by atoms with Crippen LogP contribution in [-0.4, -0.2) is 16.1 Å². The Hall–Kier alpha value is -2.07. The Morgan fingerprint density at radius 2 is 1.75 bits per heavy atom. The Labute approximate surface area is 118 Å². The minimum Gasteiger partial charge on any atom is -0.478 e. The first kappa shape index (κ1) is 14.3. The van der Waals surface area contributed by atoms with E-state index in [4.69, 9.17) is 0 Å². The molecular weight excluding hydrogens is 252 g/mol. The van der Waals surface area contributed by atoms with E-state index < -0.39 is 5.97 Å². The van der Waals surface area contributed by atoms with Crippen LogP contribution < -0.4 is 5.32 Å². The van der Waals surface area contributed by atoms with Crippen molar-refractivity contribution in [2.75, 3.05) is 0 Å². The Balaban J connectivity index is 2.04. The van der Waals surface area contributed by atoms with Crippen molar-refractivity contribution in [1.82, 2.24) is 10.3 Å². The standard InChI is InChI=1S/C16H20N2O2/c1-10-4-6-13(7-5-10)8-17-9-14-11(2)18-12(3)15(14)16(19)20/h4-7,17-18H,8-9H2,1-3H3,(H,19,20). The maximum absolute atomic E-state index is 11.3. The molecule has 1 aromatic heterocycles. The van der Waals surface area contributed by atoms with E-state index in [9.17, 15) is 9.90 Å². The van der Waals surface area contributed by atoms with Crippen molar-refractivity contribution in [3.05, 3.63) is 57.9 Å². The van der Waals surface area contributed by atoms with Gasteiger partial charge in [0.2, 0.25) is 0 Å². The van der Waals surface area contributed by atoms with Crippen LogP contribution in [0.1, 0.15) is 38.4 Å². The molecule has 0 fully saturated rings. The molecule has 20 heavy (non-hydrogen) atoms. The van der Waals surface area contributed by atoms with Crippen LogP contribution in [0.3, 0.4) is 0 Å². The van der Waals surface area contributed by atoms with Crippen LogP contribution >= 0.6 is 0 Å². The smallest absolute Gasteiger partial charge is 0.337 e. The van der Waals surface area contributed by atoms with Crippen LogP contribution in [0, 0.1) is 20.8 Å². The van der Waals surface area contributed by atoms with Crippen molar-refractivity contribution >= 4 is 5.97 Å². The van der Waals surface area contributed by atoms with Gasteiger partial charge in [-0.05, 0) is 26.3 Å². The molecule has 0 aliphatic rings. The number of aromatic amines is 1. The van der Waals surface area contributed by atoms with Gasteiger partial charge in [0.25, 0.3) is 0 Å². The van der Waals surface area contributed by atoms with E-state index >= 15 is 0 Å². The quantitative estimate of drug-likeness (QED) is 0.784. The van der Waals surface area contributed by atoms with Crippen molar-refractivity contribution < 1.29 is 9.90 Å². The molecule has 0 unspecified atom stereocenters. The normalized spacial score (nSPS) is 10.8. The van der Waals surface area contributed by atoms with Gasteiger partial charge in [0, 0.05) is 30.0 Å². The lowest BCUT2D eigenvalue weighted by Gasteiger charge is -2.07. The fraction of sp³-hybridized carbons (Fsp3) is 0.312. The summed E-state index contributed by atoms with van der Waals surface area (Å²) in [5.74, 6) is -0.876. The van der Waals surface area contributed by atoms with Crippen LogP contribution in [-0.2, 0) is 13.1 Å². The minimum absolute atomic E-state index is 0.388. The number of H-pyrrole nitrogens is 1. The van der Waals surface area contributed by atoms with Gasteiger partial charge in [0.05, 0.1) is 5.56 Å². The van der Waals surface area contributed by atoms with E-state index in [1.54, 1.807) is 6.92 Å². The predicted octanol–water partition coefficient (Wildman–Crippen LogP) is 2.93. The molecular formula is C16H20N2O2. The van der Waals surface area contributed by atoms with Gasteiger partial charge in [-0.25, -0.2) is 4.79 Å². The maximum atomic E-state index is 11.3. The molecule has 0 atom stereocenters. The molecule has 2 aromatic rings. The van der Waals surface area contributed by atoms with E-state index in [1.165, 1.54) is 11.1 Å². The number of carbonyl (C=O) groups is 1. The molecule has 0 amide bonds. The lowest BCUT2D eigenvalue weighted by molar-refractivity contribution is 0.0695. The number of carboxylic acids is 1. The summed E-state index contributed by atoms with van der Waals surface area (Å²) in [6.07, 6.45) is 0. The van der Waals surface area contributed by atoms with Gasteiger partial charge in [-0.2, -0.15) is 0 Å². The Bertz CT molecular complexity index is 612. The molecule has 3 N–H and O–H groups in total. The third kappa shape index (κ3) is 3.08. The number of carboxylic acid groups (broad SMARTS) is 1. The molecule has 106 valence electrons. The lowest BCUT2D eigenvalue weighted by atomic mass is 10.1. The third-order valence-corrected chi connectivity index (χ3v) is 3.47. The van der Waals surface area contributed by atoms with E-state index in [1.807, 2.05) is 6.92 Å². The second-order valence-electron chi connectivity index (χ2n) is 5.12. The molecule has 0 spiro atoms. The maximum Gasteiger partial charge on any atom is 0.337 e. The van der Waals surface area contributed by atoms with Crippen molar-refractivity contribution in [3.8, 4) is 0 Å². The Kier molecular flexibility index (Phi) is 4.25. The van der Waals surface area contributed by atoms with Gasteiger partial charge in [0.15, 0.2) is 0 Å². The Morgan fingerprint density at radius 3 is 2.35 bits per heavy atom. The summed E-state index contributed by atoms with van der Waals surface area (Å²) in [7, 11) is 0. The lowest BCUT2D eigenvalue weighted by Crippen LogP contribution is -2.15. The molecule has 4 nitrogen and oxygen atoms in total. The number of rotatable bonds is 5. The highest BCUT2D eigenvalue weighted by Gasteiger charge is 2.17. The second kappa shape index (κ2) is 5.92. The first-order valence-electron chi connectivity index (χ1n) is 6.66. The summed E-state index contributed by atoms with van der Waals surface area (Å²) in [4.78, 5) is 14.4. The average Bonchev–Trinajstić information content (AvgIpc) is 2.66. The molecule has 0 bridgehead atoms. The first-order chi connectivity index (χ1) is 9.49. The van der Waals surface area contributed by atoms with Gasteiger partial charge < -0.3 is 15.4 Å². The zero-order valence-electron chi connectivity index (χ0n) is 12.1. The topological polar surface area (TPSA) is 65.1 Å². The summed E-state index contributed by atoms with van der Waals surface area (Å²) in [5.41, 5.74) is 5.27. The zero-order valence-corrected chi connectivity index (χ0v) is 12.1. The van der Waals surface area contributed by atoms with Gasteiger partial charge >= 0.3 is 5.97 Å². The molecule has 0 saturated carbocycles. The number of benzene rings is 1. The summed E-state index contributed by atoms with van der Waals surface area (Å²) in [6, 6.07) is 8.31. The summed E-state index contributed by atoms with van der Waals surface area (Å²) >= 11 is 0. The zero-order chi connectivity index (χ0) is 14.7. The minimum atomic E-state index is -0.876. The van der Waals surface area contributed by atoms with Crippen LogP contribution in [0.2, 0.25) is 0 Å². The summed E-state index contributed by atoms with van der Waals surface area (Å²) in [6.45, 7) is 7.03. The van der Waals surface area contributed by atoms with Crippen molar-refractivity contribution in [2.24, 2.45) is 0 Å². The van der Waals surface area contributed by atoms with E-state index in [0.29, 0.717) is 17.8 Å². The van der Waals surface area contributed by atoms with Gasteiger partial charge in [-0.15, -0.1) is 0 Å². The van der Waals surface area contributed by atoms with Crippen LogP contribution in [0.15, 0.2) is 24.3 Å². The predicted molar refractivity (Wildman–Crippen MR) is 78.9 cm³/mol. The molecule has 0 radical (unpaired) electrons. The van der Waals surface area contributed by atoms with E-state index in [2.05, 4.69) is 41.5 Å². The van der Waals surface area contributed by atoms with Crippen molar-refractivity contribution in [3.63, 3.8) is 0 Å². The highest BCUT2D eigenvalue weighted by atomic mass is 16.4. The van der Waals surface area contributed by atoms with Gasteiger partial charge in [0.1, 0.15) is 0 Å². The molecule has 0 aliphatic heterocycles. The fourth-order valence-corrected chi connectivity index (χ4v) is 2.38. The fourth-order valence-electron chi connectivity index (χ4n) is 2.38. The van der Waals surface area contributed by atoms with E-state index in [0.717, 1.165) is 17.8 Å². The molecule has 0 saturated heterocycles. The molecule has 1 heterocycles. The monoisotopic (exact) mass is 272 g/mol. The SMILES string of the molecule is Cc1ccc(CNCc2c(C)[nH]c(C)c2C(=O)O)cc1. The molecule has 0 aliphatic carbocycles. The first-order valence-corrected chi connectivity index (χ1v) is 6.66. The number of hydrogen-bond donors (Lipinski definition) is 3. The number of aryl methyl sites for hydroxylation is 3. The van der Waals surface area contributed by atoms with Crippen molar-refractivity contribution in [2.45, 2.75) is 33.9 Å². The molecule has 4 heteroatoms. The number of nitrogens with one attached hydrogen (secondary N) is 2. The van der Waals surface area contributed by atoms with Crippen LogP contribution in [0.4, 0.5) is 0 Å². The summed E-state index contributed by atoms with van der Waals surface area (Å²) in [5, 5.41) is 12.6. The molecule has 1 aromatic carbocycles. The van der Waals surface area contributed by atoms with Crippen LogP contribution in [0.25, 0.3) is 0 Å². The summed E-state index contributed by atoms with van der Waals surface area (Å²) < 4.78 is 0. The highest BCUT2D eigenvalue weighted by Crippen LogP contribution is 2.18. The number of hydrogen-bond acceptors (Lipinski definition) is 2. The van der Waals surface area contributed by atoms with Crippen molar-refractivity contribution in [1.29, 1.82) is 0 Å². The van der Waals surface area contributed by atoms with E-state index in [-0.39, 0.29) is 0 Å².